The fourth-order valence-corrected chi connectivity index (χ4v) is 4.87. The number of carbonyl (C=O) groups is 1. The van der Waals surface area contributed by atoms with Gasteiger partial charge in [-0.25, -0.2) is 4.79 Å². The van der Waals surface area contributed by atoms with E-state index in [1.54, 1.807) is 23.1 Å². The molecule has 3 N–H and O–H groups in total. The van der Waals surface area contributed by atoms with E-state index in [1.807, 2.05) is 12.1 Å². The van der Waals surface area contributed by atoms with Crippen molar-refractivity contribution in [1.29, 1.82) is 0 Å². The van der Waals surface area contributed by atoms with Crippen molar-refractivity contribution in [2.24, 2.45) is 0 Å². The Hall–Kier alpha value is -1.24. The van der Waals surface area contributed by atoms with Gasteiger partial charge in [0.05, 0.1) is 5.60 Å². The maximum Gasteiger partial charge on any atom is 0.314 e. The summed E-state index contributed by atoms with van der Waals surface area (Å²) in [7, 11) is 0. The minimum absolute atomic E-state index is 0.204. The van der Waals surface area contributed by atoms with Crippen LogP contribution in [0, 0.1) is 0 Å². The molecule has 2 amide bonds. The van der Waals surface area contributed by atoms with E-state index < -0.39 is 5.60 Å². The predicted octanol–water partition coefficient (Wildman–Crippen LogP) is 2.61. The summed E-state index contributed by atoms with van der Waals surface area (Å²) < 4.78 is 1.28. The summed E-state index contributed by atoms with van der Waals surface area (Å²) in [5.74, 6) is 1.67. The summed E-state index contributed by atoms with van der Waals surface area (Å²) in [5, 5.41) is 19.2. The molecular formula is C16H20N2O2S2. The normalized spacial score (nSPS) is 21.1. The van der Waals surface area contributed by atoms with Gasteiger partial charge in [-0.3, -0.25) is 0 Å². The molecule has 3 rings (SSSR count). The van der Waals surface area contributed by atoms with Crippen LogP contribution in [0.15, 0.2) is 29.6 Å². The third-order valence-corrected chi connectivity index (χ3v) is 6.15. The number of hydrogen-bond acceptors (Lipinski definition) is 4. The van der Waals surface area contributed by atoms with E-state index in [0.29, 0.717) is 18.8 Å². The van der Waals surface area contributed by atoms with Gasteiger partial charge >= 0.3 is 6.03 Å². The topological polar surface area (TPSA) is 61.4 Å². The first kappa shape index (κ1) is 15.6. The fourth-order valence-electron chi connectivity index (χ4n) is 2.58. The zero-order chi connectivity index (χ0) is 15.4. The van der Waals surface area contributed by atoms with Gasteiger partial charge in [0.2, 0.25) is 0 Å². The highest BCUT2D eigenvalue weighted by Crippen LogP contribution is 2.27. The molecule has 0 bridgehead atoms. The minimum Gasteiger partial charge on any atom is -0.387 e. The van der Waals surface area contributed by atoms with E-state index in [4.69, 9.17) is 0 Å². The van der Waals surface area contributed by atoms with E-state index in [0.717, 1.165) is 18.6 Å². The van der Waals surface area contributed by atoms with Crippen molar-refractivity contribution in [3.63, 3.8) is 0 Å². The van der Waals surface area contributed by atoms with Gasteiger partial charge in [0.1, 0.15) is 0 Å². The Morgan fingerprint density at radius 3 is 3.00 bits per heavy atom. The summed E-state index contributed by atoms with van der Waals surface area (Å²) in [6, 6.07) is 8.11. The smallest absolute Gasteiger partial charge is 0.314 e. The largest absolute Gasteiger partial charge is 0.387 e. The lowest BCUT2D eigenvalue weighted by atomic mass is 10.0. The van der Waals surface area contributed by atoms with Crippen LogP contribution >= 0.6 is 23.1 Å². The molecule has 118 valence electrons. The van der Waals surface area contributed by atoms with Crippen molar-refractivity contribution in [3.05, 3.63) is 35.2 Å². The Balaban J connectivity index is 1.43. The Morgan fingerprint density at radius 2 is 2.18 bits per heavy atom. The Morgan fingerprint density at radius 1 is 1.32 bits per heavy atom. The molecule has 0 unspecified atom stereocenters. The standard InChI is InChI=1S/C16H20N2O2S2/c19-15(18-10-16(20)6-8-21-11-16)17-7-5-12-9-22-14-4-2-1-3-13(12)14/h1-4,9,20H,5-8,10-11H2,(H2,17,18,19)/t16-/m1/s1. The molecule has 1 aromatic heterocycles. The predicted molar refractivity (Wildman–Crippen MR) is 93.8 cm³/mol. The molecule has 2 aromatic rings. The molecule has 1 aromatic carbocycles. The lowest BCUT2D eigenvalue weighted by Crippen LogP contribution is -2.46. The summed E-state index contributed by atoms with van der Waals surface area (Å²) in [6.07, 6.45) is 1.57. The molecule has 1 fully saturated rings. The van der Waals surface area contributed by atoms with Gasteiger partial charge in [-0.2, -0.15) is 11.8 Å². The van der Waals surface area contributed by atoms with E-state index in [9.17, 15) is 9.90 Å². The van der Waals surface area contributed by atoms with E-state index in [2.05, 4.69) is 28.1 Å². The Bertz CT molecular complexity index is 650. The molecule has 1 aliphatic rings. The highest BCUT2D eigenvalue weighted by Gasteiger charge is 2.31. The van der Waals surface area contributed by atoms with Gasteiger partial charge in [-0.05, 0) is 41.0 Å². The van der Waals surface area contributed by atoms with Gasteiger partial charge < -0.3 is 15.7 Å². The van der Waals surface area contributed by atoms with Crippen LogP contribution < -0.4 is 10.6 Å². The molecule has 0 aliphatic carbocycles. The van der Waals surface area contributed by atoms with Crippen molar-refractivity contribution >= 4 is 39.2 Å². The number of thioether (sulfide) groups is 1. The number of nitrogens with one attached hydrogen (secondary N) is 2. The Labute approximate surface area is 138 Å². The SMILES string of the molecule is O=C(NCCc1csc2ccccc12)NC[C@]1(O)CCSC1. The highest BCUT2D eigenvalue weighted by atomic mass is 32.2. The first-order valence-electron chi connectivity index (χ1n) is 7.43. The first-order valence-corrected chi connectivity index (χ1v) is 9.47. The number of amides is 2. The molecule has 1 aliphatic heterocycles. The number of rotatable bonds is 5. The van der Waals surface area contributed by atoms with Crippen LogP contribution in [0.2, 0.25) is 0 Å². The molecule has 2 heterocycles. The van der Waals surface area contributed by atoms with Crippen LogP contribution in [-0.2, 0) is 6.42 Å². The summed E-state index contributed by atoms with van der Waals surface area (Å²) in [4.78, 5) is 11.8. The number of fused-ring (bicyclic) bond motifs is 1. The van der Waals surface area contributed by atoms with Crippen LogP contribution in [0.25, 0.3) is 10.1 Å². The van der Waals surface area contributed by atoms with Crippen LogP contribution in [0.1, 0.15) is 12.0 Å². The number of aliphatic hydroxyl groups is 1. The number of benzene rings is 1. The lowest BCUT2D eigenvalue weighted by Gasteiger charge is -2.21. The molecule has 0 saturated carbocycles. The van der Waals surface area contributed by atoms with Gasteiger partial charge in [-0.1, -0.05) is 18.2 Å². The number of thiophene rings is 1. The zero-order valence-corrected chi connectivity index (χ0v) is 13.9. The monoisotopic (exact) mass is 336 g/mol. The van der Waals surface area contributed by atoms with Crippen LogP contribution in [0.4, 0.5) is 4.79 Å². The molecule has 22 heavy (non-hydrogen) atoms. The third kappa shape index (κ3) is 3.74. The zero-order valence-electron chi connectivity index (χ0n) is 12.3. The second kappa shape index (κ2) is 6.89. The van der Waals surface area contributed by atoms with E-state index in [-0.39, 0.29) is 6.03 Å². The Kier molecular flexibility index (Phi) is 4.90. The van der Waals surface area contributed by atoms with Crippen molar-refractivity contribution in [3.8, 4) is 0 Å². The molecule has 0 spiro atoms. The first-order chi connectivity index (χ1) is 10.7. The third-order valence-electron chi connectivity index (χ3n) is 3.90. The van der Waals surface area contributed by atoms with E-state index >= 15 is 0 Å². The van der Waals surface area contributed by atoms with Crippen LogP contribution in [0.5, 0.6) is 0 Å². The summed E-state index contributed by atoms with van der Waals surface area (Å²) >= 11 is 3.46. The van der Waals surface area contributed by atoms with Crippen molar-refractivity contribution in [2.45, 2.75) is 18.4 Å². The van der Waals surface area contributed by atoms with E-state index in [1.165, 1.54) is 15.6 Å². The summed E-state index contributed by atoms with van der Waals surface area (Å²) in [6.45, 7) is 0.924. The van der Waals surface area contributed by atoms with Gasteiger partial charge in [0.15, 0.2) is 0 Å². The fraction of sp³-hybridized carbons (Fsp3) is 0.438. The van der Waals surface area contributed by atoms with Crippen molar-refractivity contribution < 1.29 is 9.90 Å². The maximum atomic E-state index is 11.8. The average molecular weight is 336 g/mol. The lowest BCUT2D eigenvalue weighted by molar-refractivity contribution is 0.0700. The van der Waals surface area contributed by atoms with Gasteiger partial charge in [0.25, 0.3) is 0 Å². The quantitative estimate of drug-likeness (QED) is 0.786. The molecule has 6 heteroatoms. The maximum absolute atomic E-state index is 11.8. The molecular weight excluding hydrogens is 316 g/mol. The molecule has 1 atom stereocenters. The highest BCUT2D eigenvalue weighted by molar-refractivity contribution is 7.99. The number of hydrogen-bond donors (Lipinski definition) is 3. The van der Waals surface area contributed by atoms with Gasteiger partial charge in [0, 0.05) is 23.5 Å². The van der Waals surface area contributed by atoms with Crippen LogP contribution in [0.3, 0.4) is 0 Å². The average Bonchev–Trinajstić information content (AvgIpc) is 3.13. The molecule has 4 nitrogen and oxygen atoms in total. The number of urea groups is 1. The second-order valence-electron chi connectivity index (χ2n) is 5.64. The second-order valence-corrected chi connectivity index (χ2v) is 7.66. The molecule has 1 saturated heterocycles. The van der Waals surface area contributed by atoms with Crippen molar-refractivity contribution in [2.75, 3.05) is 24.6 Å². The van der Waals surface area contributed by atoms with Crippen molar-refractivity contribution in [1.82, 2.24) is 10.6 Å². The van der Waals surface area contributed by atoms with Gasteiger partial charge in [-0.15, -0.1) is 11.3 Å². The molecule has 0 radical (unpaired) electrons. The van der Waals surface area contributed by atoms with Crippen LogP contribution in [-0.4, -0.2) is 41.3 Å². The number of carbonyl (C=O) groups excluding carboxylic acids is 1. The minimum atomic E-state index is -0.731. The summed E-state index contributed by atoms with van der Waals surface area (Å²) in [5.41, 5.74) is 0.540.